The zero-order chi connectivity index (χ0) is 11.3. The molecule has 4 rings (SSSR count). The Kier molecular flexibility index (Phi) is 1.94. The van der Waals surface area contributed by atoms with Gasteiger partial charge in [-0.1, -0.05) is 18.2 Å². The Morgan fingerprint density at radius 3 is 2.12 bits per heavy atom. The van der Waals surface area contributed by atoms with Gasteiger partial charge in [0.2, 0.25) is 0 Å². The fourth-order valence-corrected chi connectivity index (χ4v) is 2.75. The zero-order valence-electron chi connectivity index (χ0n) is 8.59. The second kappa shape index (κ2) is 3.12. The van der Waals surface area contributed by atoms with Gasteiger partial charge in [0.25, 0.3) is 0 Å². The molecule has 0 saturated heterocycles. The maximum absolute atomic E-state index is 12.6. The van der Waals surface area contributed by atoms with Gasteiger partial charge in [-0.25, -0.2) is 0 Å². The summed E-state index contributed by atoms with van der Waals surface area (Å²) in [6, 6.07) is 4.18. The molecule has 84 valence electrons. The summed E-state index contributed by atoms with van der Waals surface area (Å²) in [4.78, 5) is 0. The molecule has 1 aromatic rings. The van der Waals surface area contributed by atoms with Crippen LogP contribution in [0.15, 0.2) is 30.4 Å². The highest BCUT2D eigenvalue weighted by Crippen LogP contribution is 2.46. The van der Waals surface area contributed by atoms with E-state index in [2.05, 4.69) is 12.2 Å². The van der Waals surface area contributed by atoms with Crippen LogP contribution in [0.2, 0.25) is 0 Å². The van der Waals surface area contributed by atoms with Crippen LogP contribution in [0.3, 0.4) is 0 Å². The molecule has 0 nitrogen and oxygen atoms in total. The van der Waals surface area contributed by atoms with Crippen molar-refractivity contribution in [2.24, 2.45) is 0 Å². The highest BCUT2D eigenvalue weighted by atomic mass is 19.4. The molecule has 0 aromatic heterocycles. The summed E-state index contributed by atoms with van der Waals surface area (Å²) in [6.07, 6.45) is 2.00. The van der Waals surface area contributed by atoms with Crippen LogP contribution in [0.5, 0.6) is 0 Å². The Bertz CT molecular complexity index is 457. The minimum absolute atomic E-state index is 0.197. The third-order valence-electron chi connectivity index (χ3n) is 3.58. The summed E-state index contributed by atoms with van der Waals surface area (Å²) in [7, 11) is 0. The average molecular weight is 224 g/mol. The van der Waals surface area contributed by atoms with Crippen molar-refractivity contribution < 1.29 is 13.2 Å². The van der Waals surface area contributed by atoms with Crippen molar-refractivity contribution in [3.8, 4) is 0 Å². The van der Waals surface area contributed by atoms with E-state index < -0.39 is 11.7 Å². The van der Waals surface area contributed by atoms with Crippen molar-refractivity contribution in [1.82, 2.24) is 0 Å². The predicted molar refractivity (Wildman–Crippen MR) is 55.3 cm³/mol. The van der Waals surface area contributed by atoms with Gasteiger partial charge in [0.1, 0.15) is 0 Å². The van der Waals surface area contributed by atoms with Gasteiger partial charge in [-0.05, 0) is 36.1 Å². The van der Waals surface area contributed by atoms with Crippen molar-refractivity contribution >= 4 is 0 Å². The molecule has 0 spiro atoms. The second-order valence-electron chi connectivity index (χ2n) is 4.52. The molecule has 0 unspecified atom stereocenters. The number of fused-ring (bicyclic) bond motifs is 1. The second-order valence-corrected chi connectivity index (χ2v) is 4.52. The van der Waals surface area contributed by atoms with Crippen LogP contribution >= 0.6 is 0 Å². The monoisotopic (exact) mass is 224 g/mol. The van der Waals surface area contributed by atoms with E-state index in [0.29, 0.717) is 5.92 Å². The Morgan fingerprint density at radius 1 is 0.938 bits per heavy atom. The maximum Gasteiger partial charge on any atom is 0.416 e. The lowest BCUT2D eigenvalue weighted by atomic mass is 9.71. The minimum Gasteiger partial charge on any atom is -0.166 e. The van der Waals surface area contributed by atoms with Gasteiger partial charge in [-0.2, -0.15) is 13.2 Å². The lowest BCUT2D eigenvalue weighted by Crippen LogP contribution is -2.18. The molecule has 0 heterocycles. The number of hydrogen-bond acceptors (Lipinski definition) is 0. The molecule has 16 heavy (non-hydrogen) atoms. The van der Waals surface area contributed by atoms with Crippen molar-refractivity contribution in [2.75, 3.05) is 0 Å². The Morgan fingerprint density at radius 2 is 1.56 bits per heavy atom. The lowest BCUT2D eigenvalue weighted by molar-refractivity contribution is -0.137. The van der Waals surface area contributed by atoms with E-state index in [-0.39, 0.29) is 5.92 Å². The van der Waals surface area contributed by atoms with Crippen molar-refractivity contribution in [3.63, 3.8) is 0 Å². The van der Waals surface area contributed by atoms with Gasteiger partial charge in [-0.15, -0.1) is 0 Å². The number of benzene rings is 1. The van der Waals surface area contributed by atoms with E-state index in [9.17, 15) is 13.2 Å². The van der Waals surface area contributed by atoms with Crippen LogP contribution in [0.1, 0.15) is 41.4 Å². The molecule has 2 atom stereocenters. The Balaban J connectivity index is 2.11. The Hall–Kier alpha value is -1.25. The van der Waals surface area contributed by atoms with Crippen LogP contribution < -0.4 is 0 Å². The molecule has 0 saturated carbocycles. The molecule has 3 aliphatic carbocycles. The summed E-state index contributed by atoms with van der Waals surface area (Å²) < 4.78 is 37.7. The smallest absolute Gasteiger partial charge is 0.166 e. The summed E-state index contributed by atoms with van der Waals surface area (Å²) in [5.74, 6) is 0.532. The molecule has 0 aliphatic heterocycles. The van der Waals surface area contributed by atoms with Crippen LogP contribution in [-0.4, -0.2) is 0 Å². The third-order valence-corrected chi connectivity index (χ3v) is 3.58. The molecular weight excluding hydrogens is 213 g/mol. The van der Waals surface area contributed by atoms with Gasteiger partial charge in [0, 0.05) is 11.8 Å². The summed E-state index contributed by atoms with van der Waals surface area (Å²) in [5.41, 5.74) is 1.45. The van der Waals surface area contributed by atoms with E-state index in [1.54, 1.807) is 6.07 Å². The van der Waals surface area contributed by atoms with Crippen LogP contribution in [0, 0.1) is 0 Å². The number of hydrogen-bond donors (Lipinski definition) is 0. The number of halogens is 3. The fourth-order valence-electron chi connectivity index (χ4n) is 2.75. The number of alkyl halides is 3. The standard InChI is InChI=1S/C13H11F3/c14-13(15,16)10-5-6-11-8-1-3-9(4-2-8)12(11)7-10/h1,3,5-9H,2,4H2/t8-,9-/m0/s1. The van der Waals surface area contributed by atoms with Crippen molar-refractivity contribution in [1.29, 1.82) is 0 Å². The van der Waals surface area contributed by atoms with Crippen LogP contribution in [-0.2, 0) is 6.18 Å². The first-order chi connectivity index (χ1) is 7.55. The first-order valence-electron chi connectivity index (χ1n) is 5.45. The zero-order valence-corrected chi connectivity index (χ0v) is 8.59. The molecule has 1 aromatic carbocycles. The van der Waals surface area contributed by atoms with E-state index in [1.807, 2.05) is 0 Å². The number of rotatable bonds is 0. The normalized spacial score (nSPS) is 26.9. The van der Waals surface area contributed by atoms with Gasteiger partial charge in [-0.3, -0.25) is 0 Å². The fraction of sp³-hybridized carbons (Fsp3) is 0.385. The molecule has 0 fully saturated rings. The lowest BCUT2D eigenvalue weighted by Gasteiger charge is -2.33. The average Bonchev–Trinajstić information content (AvgIpc) is 2.29. The molecule has 0 N–H and O–H groups in total. The highest BCUT2D eigenvalue weighted by molar-refractivity contribution is 5.46. The molecule has 3 heteroatoms. The molecule has 0 amide bonds. The Labute approximate surface area is 91.8 Å². The van der Waals surface area contributed by atoms with Gasteiger partial charge < -0.3 is 0 Å². The van der Waals surface area contributed by atoms with Crippen LogP contribution in [0.25, 0.3) is 0 Å². The summed E-state index contributed by atoms with van der Waals surface area (Å²) >= 11 is 0. The first-order valence-corrected chi connectivity index (χ1v) is 5.45. The highest BCUT2D eigenvalue weighted by Gasteiger charge is 2.34. The van der Waals surface area contributed by atoms with E-state index >= 15 is 0 Å². The topological polar surface area (TPSA) is 0 Å². The summed E-state index contributed by atoms with van der Waals surface area (Å²) in [6.45, 7) is 0. The molecule has 2 bridgehead atoms. The predicted octanol–water partition coefficient (Wildman–Crippen LogP) is 4.24. The van der Waals surface area contributed by atoms with Crippen molar-refractivity contribution in [2.45, 2.75) is 30.9 Å². The van der Waals surface area contributed by atoms with Gasteiger partial charge in [0.15, 0.2) is 0 Å². The molecule has 0 radical (unpaired) electrons. The van der Waals surface area contributed by atoms with Gasteiger partial charge >= 0.3 is 6.18 Å². The summed E-state index contributed by atoms with van der Waals surface area (Å²) in [5, 5.41) is 0. The van der Waals surface area contributed by atoms with E-state index in [1.165, 1.54) is 12.1 Å². The van der Waals surface area contributed by atoms with Crippen LogP contribution in [0.4, 0.5) is 13.2 Å². The number of allylic oxidation sites excluding steroid dienone is 2. The maximum atomic E-state index is 12.6. The third kappa shape index (κ3) is 1.38. The quantitative estimate of drug-likeness (QED) is 0.578. The van der Waals surface area contributed by atoms with E-state index in [0.717, 1.165) is 24.0 Å². The minimum atomic E-state index is -4.23. The van der Waals surface area contributed by atoms with E-state index in [4.69, 9.17) is 0 Å². The SMILES string of the molecule is FC(F)(F)c1ccc2c(c1)[C@H]1C=C[C@H]2CC1. The largest absolute Gasteiger partial charge is 0.416 e. The first kappa shape index (κ1) is 9.94. The molecular formula is C13H11F3. The van der Waals surface area contributed by atoms with Crippen molar-refractivity contribution in [3.05, 3.63) is 47.0 Å². The molecule has 3 aliphatic rings. The van der Waals surface area contributed by atoms with Gasteiger partial charge in [0.05, 0.1) is 5.56 Å².